The quantitative estimate of drug-likeness (QED) is 0.394. The number of carbonyl (C=O) groups is 2. The number of esters is 1. The van der Waals surface area contributed by atoms with Gasteiger partial charge < -0.3 is 14.6 Å². The van der Waals surface area contributed by atoms with Gasteiger partial charge in [-0.3, -0.25) is 0 Å². The van der Waals surface area contributed by atoms with Crippen LogP contribution in [0.15, 0.2) is 48.5 Å². The third-order valence-electron chi connectivity index (χ3n) is 4.70. The van der Waals surface area contributed by atoms with E-state index >= 15 is 4.39 Å². The van der Waals surface area contributed by atoms with Gasteiger partial charge >= 0.3 is 11.9 Å². The van der Waals surface area contributed by atoms with Crippen molar-refractivity contribution in [3.8, 4) is 0 Å². The number of aromatic carboxylic acids is 1. The van der Waals surface area contributed by atoms with Gasteiger partial charge in [0.05, 0.1) is 11.1 Å². The van der Waals surface area contributed by atoms with E-state index in [-0.39, 0.29) is 5.56 Å². The van der Waals surface area contributed by atoms with Crippen molar-refractivity contribution < 1.29 is 28.6 Å². The Morgan fingerprint density at radius 1 is 1.19 bits per heavy atom. The number of carbonyl (C=O) groups excluding carboxylic acids is 1. The Morgan fingerprint density at radius 2 is 1.85 bits per heavy atom. The number of hydrogen-bond donors (Lipinski definition) is 1. The summed E-state index contributed by atoms with van der Waals surface area (Å²) in [6.45, 7) is 2.96. The Morgan fingerprint density at radius 3 is 2.48 bits per heavy atom. The Kier molecular flexibility index (Phi) is 5.53. The van der Waals surface area contributed by atoms with Crippen LogP contribution in [0.2, 0.25) is 0 Å². The summed E-state index contributed by atoms with van der Waals surface area (Å²) >= 11 is 1.82. The lowest BCUT2D eigenvalue weighted by molar-refractivity contribution is -0.0245. The first-order valence-electron chi connectivity index (χ1n) is 8.30. The van der Waals surface area contributed by atoms with E-state index in [2.05, 4.69) is 0 Å². The van der Waals surface area contributed by atoms with Gasteiger partial charge in [-0.1, -0.05) is 30.3 Å². The Hall–Kier alpha value is -2.00. The summed E-state index contributed by atoms with van der Waals surface area (Å²) in [6, 6.07) is 13.0. The molecule has 1 N–H and O–H groups in total. The minimum atomic E-state index is -1.94. The maximum absolute atomic E-state index is 15.3. The fourth-order valence-corrected chi connectivity index (χ4v) is 3.79. The monoisotopic (exact) mass is 484 g/mol. The second-order valence-corrected chi connectivity index (χ2v) is 7.67. The lowest BCUT2D eigenvalue weighted by Crippen LogP contribution is -2.40. The average Bonchev–Trinajstić information content (AvgIpc) is 2.85. The molecule has 1 heterocycles. The summed E-state index contributed by atoms with van der Waals surface area (Å²) in [5, 5.41) is 9.35. The molecule has 1 aliphatic rings. The van der Waals surface area contributed by atoms with Crippen LogP contribution in [0.4, 0.5) is 4.39 Å². The molecule has 0 saturated carbocycles. The molecule has 142 valence electrons. The number of halogens is 2. The third-order valence-corrected chi connectivity index (χ3v) is 6.21. The lowest BCUT2D eigenvalue weighted by Gasteiger charge is -2.26. The number of benzene rings is 2. The van der Waals surface area contributed by atoms with E-state index in [9.17, 15) is 14.7 Å². The number of hydrogen-bond acceptors (Lipinski definition) is 4. The van der Waals surface area contributed by atoms with Crippen molar-refractivity contribution >= 4 is 34.5 Å². The summed E-state index contributed by atoms with van der Waals surface area (Å²) < 4.78 is 25.8. The molecule has 27 heavy (non-hydrogen) atoms. The number of rotatable bonds is 4. The first kappa shape index (κ1) is 19.8. The predicted molar refractivity (Wildman–Crippen MR) is 105 cm³/mol. The fourth-order valence-electron chi connectivity index (χ4n) is 3.12. The van der Waals surface area contributed by atoms with Gasteiger partial charge in [-0.15, -0.1) is 0 Å². The van der Waals surface area contributed by atoms with E-state index in [1.807, 2.05) is 22.6 Å². The summed E-state index contributed by atoms with van der Waals surface area (Å²) in [5.41, 5.74) is -0.594. The molecule has 0 spiro atoms. The minimum Gasteiger partial charge on any atom is -0.478 e. The third kappa shape index (κ3) is 3.70. The van der Waals surface area contributed by atoms with E-state index in [4.69, 9.17) is 9.47 Å². The molecule has 5 nitrogen and oxygen atoms in total. The molecule has 7 heteroatoms. The Bertz CT molecular complexity index is 868. The van der Waals surface area contributed by atoms with Crippen LogP contribution in [0.1, 0.15) is 44.9 Å². The topological polar surface area (TPSA) is 72.8 Å². The molecule has 3 rings (SSSR count). The molecular weight excluding hydrogens is 466 g/mol. The summed E-state index contributed by atoms with van der Waals surface area (Å²) in [7, 11) is 0. The van der Waals surface area contributed by atoms with Gasteiger partial charge in [-0.05, 0) is 65.8 Å². The normalized spacial score (nSPS) is 27.3. The van der Waals surface area contributed by atoms with Crippen LogP contribution in [-0.2, 0) is 9.47 Å². The van der Waals surface area contributed by atoms with Crippen LogP contribution in [0.5, 0.6) is 0 Å². The van der Waals surface area contributed by atoms with E-state index in [0.29, 0.717) is 16.7 Å². The predicted octanol–water partition coefficient (Wildman–Crippen LogP) is 4.48. The van der Waals surface area contributed by atoms with E-state index < -0.39 is 33.9 Å². The van der Waals surface area contributed by atoms with Crippen molar-refractivity contribution in [2.45, 2.75) is 35.8 Å². The molecule has 2 aromatic carbocycles. The fraction of sp³-hybridized carbons (Fsp3) is 0.300. The first-order valence-corrected chi connectivity index (χ1v) is 9.55. The van der Waals surface area contributed by atoms with Gasteiger partial charge in [0.1, 0.15) is 10.2 Å². The van der Waals surface area contributed by atoms with Gasteiger partial charge in [-0.25, -0.2) is 14.0 Å². The van der Waals surface area contributed by atoms with Crippen molar-refractivity contribution in [2.24, 2.45) is 0 Å². The highest BCUT2D eigenvalue weighted by Crippen LogP contribution is 2.47. The SMILES string of the molecule is Cc1c(C(=O)O)cccc1[C@H]1O[C@H](I)[C@](C)(F)[C@@H]1OC(=O)c1ccccc1. The second kappa shape index (κ2) is 7.55. The zero-order valence-electron chi connectivity index (χ0n) is 14.7. The zero-order valence-corrected chi connectivity index (χ0v) is 16.8. The summed E-state index contributed by atoms with van der Waals surface area (Å²) in [5.74, 6) is -1.74. The van der Waals surface area contributed by atoms with Crippen molar-refractivity contribution in [1.29, 1.82) is 0 Å². The molecular formula is C20H18FIO5. The van der Waals surface area contributed by atoms with Gasteiger partial charge in [-0.2, -0.15) is 0 Å². The first-order chi connectivity index (χ1) is 12.7. The van der Waals surface area contributed by atoms with Crippen LogP contribution < -0.4 is 0 Å². The highest BCUT2D eigenvalue weighted by molar-refractivity contribution is 14.1. The Balaban J connectivity index is 1.98. The Labute approximate surface area is 169 Å². The molecule has 0 aliphatic carbocycles. The van der Waals surface area contributed by atoms with Crippen molar-refractivity contribution in [2.75, 3.05) is 0 Å². The van der Waals surface area contributed by atoms with Crippen molar-refractivity contribution in [3.05, 3.63) is 70.8 Å². The molecule has 1 fully saturated rings. The minimum absolute atomic E-state index is 0.0988. The van der Waals surface area contributed by atoms with Gasteiger partial charge in [0, 0.05) is 0 Å². The summed E-state index contributed by atoms with van der Waals surface area (Å²) in [6.07, 6.45) is -2.12. The van der Waals surface area contributed by atoms with E-state index in [0.717, 1.165) is 0 Å². The standard InChI is InChI=1S/C20H18FIO5/c1-11-13(9-6-10-14(11)17(23)24)15-16(20(2,21)19(22)26-15)27-18(25)12-7-4-3-5-8-12/h3-10,15-16,19H,1-2H3,(H,23,24)/t15-,16-,19+,20-/m1/s1. The maximum Gasteiger partial charge on any atom is 0.338 e. The largest absolute Gasteiger partial charge is 0.478 e. The number of carboxylic acid groups (broad SMARTS) is 1. The molecule has 1 aliphatic heterocycles. The van der Waals surface area contributed by atoms with Crippen LogP contribution in [0.3, 0.4) is 0 Å². The molecule has 0 bridgehead atoms. The van der Waals surface area contributed by atoms with Gasteiger partial charge in [0.25, 0.3) is 0 Å². The van der Waals surface area contributed by atoms with E-state index in [1.165, 1.54) is 13.0 Å². The number of alkyl halides is 2. The maximum atomic E-state index is 15.3. The summed E-state index contributed by atoms with van der Waals surface area (Å²) in [4.78, 5) is 23.9. The molecule has 0 unspecified atom stereocenters. The average molecular weight is 484 g/mol. The molecule has 0 aromatic heterocycles. The number of ether oxygens (including phenoxy) is 2. The zero-order chi connectivity index (χ0) is 19.8. The second-order valence-electron chi connectivity index (χ2n) is 6.54. The van der Waals surface area contributed by atoms with E-state index in [1.54, 1.807) is 49.4 Å². The van der Waals surface area contributed by atoms with Crippen LogP contribution in [0, 0.1) is 6.92 Å². The molecule has 1 saturated heterocycles. The van der Waals surface area contributed by atoms with Crippen molar-refractivity contribution in [1.82, 2.24) is 0 Å². The molecule has 2 aromatic rings. The van der Waals surface area contributed by atoms with Crippen LogP contribution in [0.25, 0.3) is 0 Å². The molecule has 0 radical (unpaired) electrons. The van der Waals surface area contributed by atoms with Gasteiger partial charge in [0.2, 0.25) is 0 Å². The molecule has 0 amide bonds. The molecule has 4 atom stereocenters. The van der Waals surface area contributed by atoms with Crippen molar-refractivity contribution in [3.63, 3.8) is 0 Å². The van der Waals surface area contributed by atoms with Crippen LogP contribution >= 0.6 is 22.6 Å². The highest BCUT2D eigenvalue weighted by atomic mass is 127. The van der Waals surface area contributed by atoms with Gasteiger partial charge in [0.15, 0.2) is 11.8 Å². The lowest BCUT2D eigenvalue weighted by atomic mass is 9.91. The van der Waals surface area contributed by atoms with Crippen LogP contribution in [-0.4, -0.2) is 32.9 Å². The number of carboxylic acids is 1. The smallest absolute Gasteiger partial charge is 0.338 e. The highest BCUT2D eigenvalue weighted by Gasteiger charge is 2.56.